The first-order chi connectivity index (χ1) is 13.9. The Kier molecular flexibility index (Phi) is 5.84. The second-order valence-electron chi connectivity index (χ2n) is 7.48. The molecular formula is C19H19ClN4O5S. The third-order valence-corrected chi connectivity index (χ3v) is 6.00. The van der Waals surface area contributed by atoms with Crippen LogP contribution in [0.1, 0.15) is 31.1 Å². The van der Waals surface area contributed by atoms with Crippen molar-refractivity contribution in [3.8, 4) is 11.4 Å². The van der Waals surface area contributed by atoms with Crippen LogP contribution < -0.4 is 15.8 Å². The summed E-state index contributed by atoms with van der Waals surface area (Å²) >= 11 is 6.07. The minimum Gasteiger partial charge on any atom is -0.322 e. The SMILES string of the molecule is CC(C)(C)NS(=O)(=O)c1cc(C(=O)Nc2cccc(-c3noc(=O)[nH]3)c2)ccc1Cl. The number of sulfonamides is 1. The van der Waals surface area contributed by atoms with Crippen LogP contribution in [0.2, 0.25) is 5.02 Å². The van der Waals surface area contributed by atoms with Crippen LogP contribution >= 0.6 is 11.6 Å². The molecule has 158 valence electrons. The molecule has 0 aliphatic heterocycles. The van der Waals surface area contributed by atoms with Gasteiger partial charge in [0, 0.05) is 22.4 Å². The fourth-order valence-corrected chi connectivity index (χ4v) is 4.56. The smallest absolute Gasteiger partial charge is 0.322 e. The number of anilines is 1. The second-order valence-corrected chi connectivity index (χ2v) is 9.54. The molecule has 11 heteroatoms. The number of aromatic amines is 1. The van der Waals surface area contributed by atoms with E-state index in [9.17, 15) is 18.0 Å². The van der Waals surface area contributed by atoms with Gasteiger partial charge in [-0.2, -0.15) is 0 Å². The van der Waals surface area contributed by atoms with Crippen molar-refractivity contribution >= 4 is 33.2 Å². The van der Waals surface area contributed by atoms with Crippen molar-refractivity contribution in [2.75, 3.05) is 5.32 Å². The van der Waals surface area contributed by atoms with E-state index in [1.54, 1.807) is 45.0 Å². The minimum atomic E-state index is -3.93. The van der Waals surface area contributed by atoms with Crippen LogP contribution in [0.4, 0.5) is 5.69 Å². The Hall–Kier alpha value is -2.95. The van der Waals surface area contributed by atoms with Gasteiger partial charge in [-0.15, -0.1) is 0 Å². The molecule has 0 aliphatic rings. The summed E-state index contributed by atoms with van der Waals surface area (Å²) in [6.45, 7) is 5.10. The Labute approximate surface area is 177 Å². The lowest BCUT2D eigenvalue weighted by atomic mass is 10.1. The Morgan fingerprint density at radius 1 is 1.17 bits per heavy atom. The lowest BCUT2D eigenvalue weighted by Gasteiger charge is -2.21. The number of aromatic nitrogens is 2. The number of carbonyl (C=O) groups is 1. The maximum Gasteiger partial charge on any atom is 0.439 e. The largest absolute Gasteiger partial charge is 0.439 e. The van der Waals surface area contributed by atoms with Gasteiger partial charge in [0.25, 0.3) is 5.91 Å². The van der Waals surface area contributed by atoms with Crippen LogP contribution in [0.5, 0.6) is 0 Å². The van der Waals surface area contributed by atoms with Crippen LogP contribution in [0.3, 0.4) is 0 Å². The Balaban J connectivity index is 1.87. The number of halogens is 1. The summed E-state index contributed by atoms with van der Waals surface area (Å²) in [4.78, 5) is 26.0. The molecule has 0 saturated carbocycles. The van der Waals surface area contributed by atoms with E-state index < -0.39 is 27.2 Å². The van der Waals surface area contributed by atoms with Gasteiger partial charge in [0.1, 0.15) is 4.90 Å². The lowest BCUT2D eigenvalue weighted by Crippen LogP contribution is -2.40. The van der Waals surface area contributed by atoms with E-state index in [1.807, 2.05) is 0 Å². The molecule has 1 aromatic heterocycles. The van der Waals surface area contributed by atoms with Crippen molar-refractivity contribution in [1.82, 2.24) is 14.9 Å². The standard InChI is InChI=1S/C19H19ClN4O5S/c1-19(2,3)24-30(27,28)15-10-12(7-8-14(15)20)17(25)21-13-6-4-5-11(9-13)16-22-18(26)29-23-16/h4-10,24H,1-3H3,(H,21,25)(H,22,23,26). The Morgan fingerprint density at radius 3 is 2.53 bits per heavy atom. The van der Waals surface area contributed by atoms with Gasteiger partial charge < -0.3 is 5.32 Å². The number of amides is 1. The van der Waals surface area contributed by atoms with Crippen molar-refractivity contribution < 1.29 is 17.7 Å². The topological polar surface area (TPSA) is 134 Å². The van der Waals surface area contributed by atoms with E-state index in [-0.39, 0.29) is 21.3 Å². The summed E-state index contributed by atoms with van der Waals surface area (Å²) < 4.78 is 32.2. The zero-order chi connectivity index (χ0) is 22.1. The van der Waals surface area contributed by atoms with Crippen LogP contribution in [-0.2, 0) is 10.0 Å². The summed E-state index contributed by atoms with van der Waals surface area (Å²) in [5.41, 5.74) is 0.318. The number of benzene rings is 2. The molecule has 1 amide bonds. The average molecular weight is 451 g/mol. The predicted octanol–water partition coefficient (Wildman–Crippen LogP) is 3.01. The van der Waals surface area contributed by atoms with Crippen LogP contribution in [-0.4, -0.2) is 30.0 Å². The molecule has 0 radical (unpaired) electrons. The second kappa shape index (κ2) is 8.05. The van der Waals surface area contributed by atoms with Crippen LogP contribution in [0.25, 0.3) is 11.4 Å². The van der Waals surface area contributed by atoms with E-state index in [1.165, 1.54) is 18.2 Å². The summed E-state index contributed by atoms with van der Waals surface area (Å²) in [5, 5.41) is 6.27. The molecule has 0 fully saturated rings. The fourth-order valence-electron chi connectivity index (χ4n) is 2.61. The van der Waals surface area contributed by atoms with Gasteiger partial charge in [-0.25, -0.2) is 17.9 Å². The van der Waals surface area contributed by atoms with Crippen molar-refractivity contribution in [2.45, 2.75) is 31.2 Å². The van der Waals surface area contributed by atoms with E-state index in [2.05, 4.69) is 24.7 Å². The predicted molar refractivity (Wildman–Crippen MR) is 112 cm³/mol. The summed E-state index contributed by atoms with van der Waals surface area (Å²) in [6, 6.07) is 10.5. The van der Waals surface area contributed by atoms with E-state index in [0.717, 1.165) is 0 Å². The number of carbonyl (C=O) groups excluding carboxylic acids is 1. The number of hydrogen-bond acceptors (Lipinski definition) is 6. The number of nitrogens with zero attached hydrogens (tertiary/aromatic N) is 1. The quantitative estimate of drug-likeness (QED) is 0.547. The van der Waals surface area contributed by atoms with Gasteiger partial charge in [-0.3, -0.25) is 14.3 Å². The molecule has 0 spiro atoms. The third-order valence-electron chi connectivity index (χ3n) is 3.76. The van der Waals surface area contributed by atoms with Gasteiger partial charge in [0.05, 0.1) is 5.02 Å². The van der Waals surface area contributed by atoms with Crippen LogP contribution in [0, 0.1) is 0 Å². The van der Waals surface area contributed by atoms with Crippen molar-refractivity contribution in [1.29, 1.82) is 0 Å². The summed E-state index contributed by atoms with van der Waals surface area (Å²) in [7, 11) is -3.93. The van der Waals surface area contributed by atoms with E-state index in [0.29, 0.717) is 11.3 Å². The van der Waals surface area contributed by atoms with Crippen molar-refractivity contribution in [2.24, 2.45) is 0 Å². The normalized spacial score (nSPS) is 12.0. The van der Waals surface area contributed by atoms with Gasteiger partial charge in [-0.05, 0) is 51.1 Å². The lowest BCUT2D eigenvalue weighted by molar-refractivity contribution is 0.102. The van der Waals surface area contributed by atoms with Crippen LogP contribution in [0.15, 0.2) is 56.7 Å². The highest BCUT2D eigenvalue weighted by Gasteiger charge is 2.25. The highest BCUT2D eigenvalue weighted by Crippen LogP contribution is 2.25. The first-order valence-electron chi connectivity index (χ1n) is 8.76. The van der Waals surface area contributed by atoms with Crippen molar-refractivity contribution in [3.05, 3.63) is 63.6 Å². The molecule has 1 heterocycles. The fraction of sp³-hybridized carbons (Fsp3) is 0.211. The van der Waals surface area contributed by atoms with E-state index >= 15 is 0 Å². The minimum absolute atomic E-state index is 0.000263. The zero-order valence-electron chi connectivity index (χ0n) is 16.3. The molecule has 0 saturated heterocycles. The number of hydrogen-bond donors (Lipinski definition) is 3. The summed E-state index contributed by atoms with van der Waals surface area (Å²) in [5.74, 6) is -1.02. The molecule has 9 nitrogen and oxygen atoms in total. The first kappa shape index (κ1) is 21.8. The monoisotopic (exact) mass is 450 g/mol. The third kappa shape index (κ3) is 5.15. The summed E-state index contributed by atoms with van der Waals surface area (Å²) in [6.07, 6.45) is 0. The molecule has 0 unspecified atom stereocenters. The molecule has 3 aromatic rings. The Bertz CT molecular complexity index is 1260. The maximum atomic E-state index is 12.7. The Morgan fingerprint density at radius 2 is 1.90 bits per heavy atom. The van der Waals surface area contributed by atoms with E-state index in [4.69, 9.17) is 11.6 Å². The number of nitrogens with one attached hydrogen (secondary N) is 3. The van der Waals surface area contributed by atoms with Gasteiger partial charge in [0.2, 0.25) is 10.0 Å². The molecule has 30 heavy (non-hydrogen) atoms. The molecule has 0 atom stereocenters. The molecule has 3 N–H and O–H groups in total. The number of rotatable bonds is 5. The molecule has 2 aromatic carbocycles. The van der Waals surface area contributed by atoms with Gasteiger partial charge in [0.15, 0.2) is 5.82 Å². The average Bonchev–Trinajstić information content (AvgIpc) is 3.06. The highest BCUT2D eigenvalue weighted by molar-refractivity contribution is 7.89. The molecular weight excluding hydrogens is 432 g/mol. The molecule has 0 aliphatic carbocycles. The maximum absolute atomic E-state index is 12.7. The van der Waals surface area contributed by atoms with Gasteiger partial charge in [-0.1, -0.05) is 28.9 Å². The zero-order valence-corrected chi connectivity index (χ0v) is 17.9. The van der Waals surface area contributed by atoms with Crippen molar-refractivity contribution in [3.63, 3.8) is 0 Å². The highest BCUT2D eigenvalue weighted by atomic mass is 35.5. The first-order valence-corrected chi connectivity index (χ1v) is 10.6. The van der Waals surface area contributed by atoms with Gasteiger partial charge >= 0.3 is 5.76 Å². The molecule has 3 rings (SSSR count). The number of H-pyrrole nitrogens is 1. The molecule has 0 bridgehead atoms.